The summed E-state index contributed by atoms with van der Waals surface area (Å²) in [5.41, 5.74) is 0. The molecule has 1 saturated carbocycles. The molecule has 0 heterocycles. The highest BCUT2D eigenvalue weighted by molar-refractivity contribution is 5.79. The summed E-state index contributed by atoms with van der Waals surface area (Å²) >= 11 is 0. The van der Waals surface area contributed by atoms with Crippen LogP contribution in [0.25, 0.3) is 0 Å². The van der Waals surface area contributed by atoms with E-state index >= 15 is 0 Å². The third kappa shape index (κ3) is 3.79. The third-order valence-corrected chi connectivity index (χ3v) is 2.54. The monoisotopic (exact) mass is 182 g/mol. The number of hydrogen-bond acceptors (Lipinski definition) is 1. The van der Waals surface area contributed by atoms with Crippen molar-refractivity contribution in [3.8, 4) is 0 Å². The lowest BCUT2D eigenvalue weighted by Crippen LogP contribution is -2.32. The summed E-state index contributed by atoms with van der Waals surface area (Å²) in [6, 6.07) is 0. The third-order valence-electron chi connectivity index (χ3n) is 2.54. The van der Waals surface area contributed by atoms with Crippen LogP contribution in [0.1, 0.15) is 46.0 Å². The van der Waals surface area contributed by atoms with Gasteiger partial charge in [-0.25, -0.2) is 0 Å². The second-order valence-corrected chi connectivity index (χ2v) is 4.09. The molecule has 0 amide bonds. The first-order chi connectivity index (χ1) is 6.27. The second kappa shape index (κ2) is 5.25. The summed E-state index contributed by atoms with van der Waals surface area (Å²) in [5.74, 6) is 1.76. The molecule has 2 heteroatoms. The highest BCUT2D eigenvalue weighted by atomic mass is 15.2. The smallest absolute Gasteiger partial charge is 0.0957 e. The van der Waals surface area contributed by atoms with Gasteiger partial charge in [0.05, 0.1) is 5.84 Å². The number of hydrogen-bond donors (Lipinski definition) is 1. The summed E-state index contributed by atoms with van der Waals surface area (Å²) in [7, 11) is 0. The Kier molecular flexibility index (Phi) is 4.26. The Morgan fingerprint density at radius 2 is 2.00 bits per heavy atom. The van der Waals surface area contributed by atoms with Gasteiger partial charge in [-0.15, -0.1) is 0 Å². The average Bonchev–Trinajstić information content (AvgIpc) is 2.88. The molecule has 1 rings (SSSR count). The van der Waals surface area contributed by atoms with Crippen LogP contribution in [0.4, 0.5) is 0 Å². The van der Waals surface area contributed by atoms with E-state index in [4.69, 9.17) is 5.41 Å². The first-order valence-corrected chi connectivity index (χ1v) is 5.60. The van der Waals surface area contributed by atoms with Crippen molar-refractivity contribution in [3.63, 3.8) is 0 Å². The predicted octanol–water partition coefficient (Wildman–Crippen LogP) is 2.89. The SMILES string of the molecule is CCCC(=N)N(CCC)CC1CC1. The topological polar surface area (TPSA) is 27.1 Å². The standard InChI is InChI=1S/C11H22N2/c1-3-5-11(12)13(8-4-2)9-10-6-7-10/h10,12H,3-9H2,1-2H3. The van der Waals surface area contributed by atoms with Gasteiger partial charge in [0.1, 0.15) is 0 Å². The maximum Gasteiger partial charge on any atom is 0.0957 e. The zero-order chi connectivity index (χ0) is 9.68. The number of amidine groups is 1. The van der Waals surface area contributed by atoms with Crippen molar-refractivity contribution < 1.29 is 0 Å². The first-order valence-electron chi connectivity index (χ1n) is 5.60. The van der Waals surface area contributed by atoms with E-state index in [9.17, 15) is 0 Å². The van der Waals surface area contributed by atoms with E-state index in [1.165, 1.54) is 19.3 Å². The largest absolute Gasteiger partial charge is 0.360 e. The molecular formula is C11H22N2. The lowest BCUT2D eigenvalue weighted by molar-refractivity contribution is 0.388. The highest BCUT2D eigenvalue weighted by Gasteiger charge is 2.24. The maximum atomic E-state index is 7.90. The van der Waals surface area contributed by atoms with Gasteiger partial charge >= 0.3 is 0 Å². The van der Waals surface area contributed by atoms with Crippen LogP contribution in [0.15, 0.2) is 0 Å². The van der Waals surface area contributed by atoms with Gasteiger partial charge in [0.15, 0.2) is 0 Å². The average molecular weight is 182 g/mol. The van der Waals surface area contributed by atoms with E-state index in [1.54, 1.807) is 0 Å². The van der Waals surface area contributed by atoms with E-state index in [2.05, 4.69) is 18.7 Å². The molecule has 0 aromatic heterocycles. The van der Waals surface area contributed by atoms with Gasteiger partial charge in [-0.2, -0.15) is 0 Å². The summed E-state index contributed by atoms with van der Waals surface area (Å²) in [4.78, 5) is 2.28. The Balaban J connectivity index is 2.29. The van der Waals surface area contributed by atoms with Gasteiger partial charge in [0, 0.05) is 19.5 Å². The summed E-state index contributed by atoms with van der Waals surface area (Å²) in [5, 5.41) is 7.90. The minimum atomic E-state index is 0.858. The van der Waals surface area contributed by atoms with Crippen LogP contribution in [-0.4, -0.2) is 23.8 Å². The molecular weight excluding hydrogens is 160 g/mol. The molecule has 1 fully saturated rings. The number of rotatable bonds is 6. The van der Waals surface area contributed by atoms with Crippen molar-refractivity contribution in [2.75, 3.05) is 13.1 Å². The predicted molar refractivity (Wildman–Crippen MR) is 57.2 cm³/mol. The van der Waals surface area contributed by atoms with Gasteiger partial charge in [0.25, 0.3) is 0 Å². The zero-order valence-electron chi connectivity index (χ0n) is 8.97. The first kappa shape index (κ1) is 10.6. The normalized spacial score (nSPS) is 15.8. The molecule has 76 valence electrons. The molecule has 0 spiro atoms. The van der Waals surface area contributed by atoms with E-state index in [1.807, 2.05) is 0 Å². The van der Waals surface area contributed by atoms with Crippen LogP contribution in [0.2, 0.25) is 0 Å². The zero-order valence-corrected chi connectivity index (χ0v) is 8.97. The minimum absolute atomic E-state index is 0.858. The molecule has 13 heavy (non-hydrogen) atoms. The molecule has 0 radical (unpaired) electrons. The molecule has 0 atom stereocenters. The van der Waals surface area contributed by atoms with Crippen molar-refractivity contribution in [2.24, 2.45) is 5.92 Å². The molecule has 0 aliphatic heterocycles. The van der Waals surface area contributed by atoms with Crippen LogP contribution in [0.5, 0.6) is 0 Å². The molecule has 0 aromatic carbocycles. The summed E-state index contributed by atoms with van der Waals surface area (Å²) in [6.45, 7) is 6.57. The second-order valence-electron chi connectivity index (χ2n) is 4.09. The Bertz CT molecular complexity index is 161. The van der Waals surface area contributed by atoms with Crippen LogP contribution in [0.3, 0.4) is 0 Å². The molecule has 0 saturated heterocycles. The van der Waals surface area contributed by atoms with Gasteiger partial charge in [0.2, 0.25) is 0 Å². The van der Waals surface area contributed by atoms with Gasteiger partial charge < -0.3 is 4.90 Å². The van der Waals surface area contributed by atoms with Crippen molar-refractivity contribution in [1.82, 2.24) is 4.90 Å². The van der Waals surface area contributed by atoms with Crippen LogP contribution >= 0.6 is 0 Å². The Morgan fingerprint density at radius 1 is 1.31 bits per heavy atom. The van der Waals surface area contributed by atoms with Crippen LogP contribution < -0.4 is 0 Å². The quantitative estimate of drug-likeness (QED) is 0.496. The summed E-state index contributed by atoms with van der Waals surface area (Å²) < 4.78 is 0. The van der Waals surface area contributed by atoms with E-state index in [0.717, 1.165) is 37.7 Å². The molecule has 1 aliphatic carbocycles. The maximum absolute atomic E-state index is 7.90. The molecule has 1 N–H and O–H groups in total. The molecule has 1 aliphatic rings. The lowest BCUT2D eigenvalue weighted by atomic mass is 10.2. The molecule has 0 bridgehead atoms. The Labute approximate surface area is 81.8 Å². The van der Waals surface area contributed by atoms with E-state index in [0.29, 0.717) is 0 Å². The van der Waals surface area contributed by atoms with Crippen molar-refractivity contribution in [3.05, 3.63) is 0 Å². The Hall–Kier alpha value is -0.530. The van der Waals surface area contributed by atoms with E-state index in [-0.39, 0.29) is 0 Å². The van der Waals surface area contributed by atoms with E-state index < -0.39 is 0 Å². The fourth-order valence-electron chi connectivity index (χ4n) is 1.61. The molecule has 0 aromatic rings. The Morgan fingerprint density at radius 3 is 2.46 bits per heavy atom. The van der Waals surface area contributed by atoms with Crippen molar-refractivity contribution >= 4 is 5.84 Å². The molecule has 2 nitrogen and oxygen atoms in total. The van der Waals surface area contributed by atoms with Crippen molar-refractivity contribution in [2.45, 2.75) is 46.0 Å². The summed E-state index contributed by atoms with van der Waals surface area (Å²) in [6.07, 6.45) is 5.99. The highest BCUT2D eigenvalue weighted by Crippen LogP contribution is 2.29. The van der Waals surface area contributed by atoms with Gasteiger partial charge in [-0.1, -0.05) is 13.8 Å². The minimum Gasteiger partial charge on any atom is -0.360 e. The van der Waals surface area contributed by atoms with Crippen molar-refractivity contribution in [1.29, 1.82) is 5.41 Å². The van der Waals surface area contributed by atoms with Crippen LogP contribution in [0, 0.1) is 11.3 Å². The van der Waals surface area contributed by atoms with Crippen LogP contribution in [-0.2, 0) is 0 Å². The number of nitrogens with zero attached hydrogens (tertiary/aromatic N) is 1. The number of nitrogens with one attached hydrogen (secondary N) is 1. The lowest BCUT2D eigenvalue weighted by Gasteiger charge is -2.24. The fourth-order valence-corrected chi connectivity index (χ4v) is 1.61. The van der Waals surface area contributed by atoms with Gasteiger partial charge in [-0.3, -0.25) is 5.41 Å². The molecule has 0 unspecified atom stereocenters. The van der Waals surface area contributed by atoms with Gasteiger partial charge in [-0.05, 0) is 31.6 Å². The fraction of sp³-hybridized carbons (Fsp3) is 0.909.